The van der Waals surface area contributed by atoms with Crippen LogP contribution in [0.2, 0.25) is 0 Å². The fraction of sp³-hybridized carbons (Fsp3) is 0.600. The van der Waals surface area contributed by atoms with Crippen LogP contribution < -0.4 is 14.8 Å². The highest BCUT2D eigenvalue weighted by molar-refractivity contribution is 5.76. The first-order valence-corrected chi connectivity index (χ1v) is 8.90. The number of esters is 2. The number of carbonyl (C=O) groups excluding carboxylic acids is 2. The molecule has 146 valence electrons. The van der Waals surface area contributed by atoms with Gasteiger partial charge in [-0.15, -0.1) is 0 Å². The van der Waals surface area contributed by atoms with Crippen LogP contribution in [0.3, 0.4) is 0 Å². The number of carbonyl (C=O) groups is 2. The molecule has 0 radical (unpaired) electrons. The monoisotopic (exact) mass is 365 g/mol. The molecule has 0 aliphatic carbocycles. The molecule has 1 rings (SSSR count). The van der Waals surface area contributed by atoms with Crippen LogP contribution in [0.4, 0.5) is 0 Å². The Labute approximate surface area is 155 Å². The maximum Gasteiger partial charge on any atom is 0.313 e. The van der Waals surface area contributed by atoms with Crippen molar-refractivity contribution in [3.63, 3.8) is 0 Å². The summed E-state index contributed by atoms with van der Waals surface area (Å²) in [6, 6.07) is 4.65. The number of aliphatic hydroxyl groups excluding tert-OH is 1. The van der Waals surface area contributed by atoms with E-state index in [-0.39, 0.29) is 28.9 Å². The number of hydrogen-bond donors (Lipinski definition) is 2. The molecule has 0 heterocycles. The molecule has 6 nitrogen and oxygen atoms in total. The lowest BCUT2D eigenvalue weighted by molar-refractivity contribution is -0.138. The molecule has 0 saturated heterocycles. The van der Waals surface area contributed by atoms with Crippen molar-refractivity contribution in [2.45, 2.75) is 60.1 Å². The molecule has 6 heteroatoms. The predicted molar refractivity (Wildman–Crippen MR) is 100 cm³/mol. The molecule has 0 amide bonds. The summed E-state index contributed by atoms with van der Waals surface area (Å²) in [5.41, 5.74) is 0.345. The van der Waals surface area contributed by atoms with E-state index in [9.17, 15) is 14.7 Å². The van der Waals surface area contributed by atoms with Crippen molar-refractivity contribution in [2.75, 3.05) is 6.54 Å². The van der Waals surface area contributed by atoms with Crippen LogP contribution in [0.1, 0.15) is 60.1 Å². The van der Waals surface area contributed by atoms with Crippen molar-refractivity contribution in [2.24, 2.45) is 11.8 Å². The second-order valence-corrected chi connectivity index (χ2v) is 8.04. The van der Waals surface area contributed by atoms with Gasteiger partial charge in [-0.05, 0) is 38.5 Å². The van der Waals surface area contributed by atoms with Crippen molar-refractivity contribution in [3.8, 4) is 11.5 Å². The van der Waals surface area contributed by atoms with E-state index in [2.05, 4.69) is 5.32 Å². The molecule has 1 aromatic rings. The Morgan fingerprint density at radius 1 is 0.962 bits per heavy atom. The molecule has 0 aliphatic heterocycles. The standard InChI is InChI=1S/C20H31NO5/c1-12(2)18(23)25-15-8-14(17(22)11-21-20(5,6)7)9-16(10-15)26-19(24)13(3)4/h8-10,12-13,17,21-22H,11H2,1-7H3. The summed E-state index contributed by atoms with van der Waals surface area (Å²) in [5, 5.41) is 13.7. The topological polar surface area (TPSA) is 84.9 Å². The third-order valence-electron chi connectivity index (χ3n) is 3.49. The first kappa shape index (κ1) is 22.1. The van der Waals surface area contributed by atoms with E-state index >= 15 is 0 Å². The first-order chi connectivity index (χ1) is 11.9. The molecule has 1 unspecified atom stereocenters. The summed E-state index contributed by atoms with van der Waals surface area (Å²) < 4.78 is 10.7. The zero-order chi connectivity index (χ0) is 20.1. The molecule has 26 heavy (non-hydrogen) atoms. The Morgan fingerprint density at radius 2 is 1.38 bits per heavy atom. The minimum absolute atomic E-state index is 0.157. The summed E-state index contributed by atoms with van der Waals surface area (Å²) in [4.78, 5) is 23.8. The maximum absolute atomic E-state index is 11.9. The van der Waals surface area contributed by atoms with Gasteiger partial charge in [0.2, 0.25) is 0 Å². The highest BCUT2D eigenvalue weighted by Gasteiger charge is 2.19. The summed E-state index contributed by atoms with van der Waals surface area (Å²) in [6.07, 6.45) is -0.844. The fourth-order valence-corrected chi connectivity index (χ4v) is 1.89. The normalized spacial score (nSPS) is 13.0. The van der Waals surface area contributed by atoms with Gasteiger partial charge >= 0.3 is 11.9 Å². The second kappa shape index (κ2) is 9.14. The van der Waals surface area contributed by atoms with Crippen LogP contribution in [0.5, 0.6) is 11.5 Å². The van der Waals surface area contributed by atoms with Gasteiger partial charge in [-0.3, -0.25) is 9.59 Å². The molecule has 0 saturated carbocycles. The number of nitrogens with one attached hydrogen (secondary N) is 1. The van der Waals surface area contributed by atoms with E-state index in [0.717, 1.165) is 0 Å². The highest BCUT2D eigenvalue weighted by Crippen LogP contribution is 2.28. The van der Waals surface area contributed by atoms with Gasteiger partial charge in [0.05, 0.1) is 17.9 Å². The van der Waals surface area contributed by atoms with E-state index in [1.165, 1.54) is 6.07 Å². The summed E-state index contributed by atoms with van der Waals surface area (Å²) in [6.45, 7) is 13.2. The molecular formula is C20H31NO5. The minimum Gasteiger partial charge on any atom is -0.426 e. The van der Waals surface area contributed by atoms with Crippen LogP contribution in [0.15, 0.2) is 18.2 Å². The van der Waals surface area contributed by atoms with E-state index in [0.29, 0.717) is 12.1 Å². The SMILES string of the molecule is CC(C)C(=O)Oc1cc(OC(=O)C(C)C)cc(C(O)CNC(C)(C)C)c1. The van der Waals surface area contributed by atoms with E-state index in [4.69, 9.17) is 9.47 Å². The zero-order valence-corrected chi connectivity index (χ0v) is 16.8. The molecule has 0 fully saturated rings. The largest absolute Gasteiger partial charge is 0.426 e. The second-order valence-electron chi connectivity index (χ2n) is 8.04. The summed E-state index contributed by atoms with van der Waals surface area (Å²) in [5.74, 6) is -0.915. The quantitative estimate of drug-likeness (QED) is 0.570. The molecular weight excluding hydrogens is 334 g/mol. The van der Waals surface area contributed by atoms with Crippen LogP contribution in [-0.2, 0) is 9.59 Å². The minimum atomic E-state index is -0.844. The maximum atomic E-state index is 11.9. The Hall–Kier alpha value is -1.92. The Morgan fingerprint density at radius 3 is 1.73 bits per heavy atom. The average Bonchev–Trinajstić information content (AvgIpc) is 2.51. The lowest BCUT2D eigenvalue weighted by atomic mass is 10.1. The van der Waals surface area contributed by atoms with Gasteiger partial charge in [0.1, 0.15) is 11.5 Å². The predicted octanol–water partition coefficient (Wildman–Crippen LogP) is 3.23. The van der Waals surface area contributed by atoms with Crippen molar-refractivity contribution in [3.05, 3.63) is 23.8 Å². The molecule has 0 aromatic heterocycles. The summed E-state index contributed by atoms with van der Waals surface area (Å²) in [7, 11) is 0. The molecule has 1 aromatic carbocycles. The van der Waals surface area contributed by atoms with Crippen molar-refractivity contribution in [1.29, 1.82) is 0 Å². The van der Waals surface area contributed by atoms with E-state index < -0.39 is 18.0 Å². The van der Waals surface area contributed by atoms with Gasteiger partial charge in [0.25, 0.3) is 0 Å². The Bertz CT molecular complexity index is 591. The van der Waals surface area contributed by atoms with Crippen LogP contribution in [0, 0.1) is 11.8 Å². The third kappa shape index (κ3) is 7.54. The molecule has 0 spiro atoms. The Balaban J connectivity index is 3.10. The van der Waals surface area contributed by atoms with Crippen molar-refractivity contribution in [1.82, 2.24) is 5.32 Å². The smallest absolute Gasteiger partial charge is 0.313 e. The van der Waals surface area contributed by atoms with Crippen LogP contribution >= 0.6 is 0 Å². The molecule has 1 atom stereocenters. The van der Waals surface area contributed by atoms with Crippen molar-refractivity contribution >= 4 is 11.9 Å². The first-order valence-electron chi connectivity index (χ1n) is 8.90. The third-order valence-corrected chi connectivity index (χ3v) is 3.49. The zero-order valence-electron chi connectivity index (χ0n) is 16.8. The fourth-order valence-electron chi connectivity index (χ4n) is 1.89. The number of β-amino-alcohol motifs (C(OH)–C–C–N with tert-alkyl or cyclic N) is 1. The van der Waals surface area contributed by atoms with Gasteiger partial charge in [0, 0.05) is 18.2 Å². The number of rotatable bonds is 7. The number of ether oxygens (including phenoxy) is 2. The number of hydrogen-bond acceptors (Lipinski definition) is 6. The molecule has 0 bridgehead atoms. The van der Waals surface area contributed by atoms with Gasteiger partial charge in [-0.25, -0.2) is 0 Å². The van der Waals surface area contributed by atoms with Gasteiger partial charge in [-0.1, -0.05) is 27.7 Å². The highest BCUT2D eigenvalue weighted by atomic mass is 16.5. The van der Waals surface area contributed by atoms with Gasteiger partial charge < -0.3 is 19.9 Å². The lowest BCUT2D eigenvalue weighted by Crippen LogP contribution is -2.38. The Kier molecular flexibility index (Phi) is 7.78. The van der Waals surface area contributed by atoms with Crippen LogP contribution in [-0.4, -0.2) is 29.1 Å². The molecule has 0 aliphatic rings. The number of benzene rings is 1. The van der Waals surface area contributed by atoms with Gasteiger partial charge in [-0.2, -0.15) is 0 Å². The van der Waals surface area contributed by atoms with E-state index in [1.54, 1.807) is 39.8 Å². The van der Waals surface area contributed by atoms with E-state index in [1.807, 2.05) is 20.8 Å². The molecule has 2 N–H and O–H groups in total. The van der Waals surface area contributed by atoms with Gasteiger partial charge in [0.15, 0.2) is 0 Å². The number of aliphatic hydroxyl groups is 1. The average molecular weight is 365 g/mol. The lowest BCUT2D eigenvalue weighted by Gasteiger charge is -2.23. The van der Waals surface area contributed by atoms with Crippen molar-refractivity contribution < 1.29 is 24.2 Å². The van der Waals surface area contributed by atoms with Crippen LogP contribution in [0.25, 0.3) is 0 Å². The summed E-state index contributed by atoms with van der Waals surface area (Å²) >= 11 is 0.